The van der Waals surface area contributed by atoms with Gasteiger partial charge in [-0.15, -0.1) is 0 Å². The molecule has 0 bridgehead atoms. The summed E-state index contributed by atoms with van der Waals surface area (Å²) in [5, 5.41) is 9.02. The predicted molar refractivity (Wildman–Crippen MR) is 81.1 cm³/mol. The van der Waals surface area contributed by atoms with Gasteiger partial charge in [0, 0.05) is 0 Å². The number of carboxylic acid groups (broad SMARTS) is 1. The average Bonchev–Trinajstić information content (AvgIpc) is 2.88. The fourth-order valence-corrected chi connectivity index (χ4v) is 2.95. The maximum absolute atomic E-state index is 11.0. The van der Waals surface area contributed by atoms with Crippen molar-refractivity contribution in [3.8, 4) is 0 Å². The molecule has 0 amide bonds. The van der Waals surface area contributed by atoms with Crippen LogP contribution < -0.4 is 0 Å². The van der Waals surface area contributed by atoms with Crippen LogP contribution in [0.25, 0.3) is 11.0 Å². The van der Waals surface area contributed by atoms with Gasteiger partial charge in [-0.3, -0.25) is 9.69 Å². The van der Waals surface area contributed by atoms with Crippen molar-refractivity contribution in [1.82, 2.24) is 14.9 Å². The van der Waals surface area contributed by atoms with Crippen LogP contribution in [0.4, 0.5) is 0 Å². The predicted octanol–water partition coefficient (Wildman–Crippen LogP) is 2.42. The van der Waals surface area contributed by atoms with Crippen LogP contribution in [0.3, 0.4) is 0 Å². The Hall–Kier alpha value is -1.88. The number of carboxylic acids is 1. The number of aromatic amines is 1. The van der Waals surface area contributed by atoms with Gasteiger partial charge in [0.25, 0.3) is 0 Å². The maximum Gasteiger partial charge on any atom is 0.306 e. The van der Waals surface area contributed by atoms with E-state index in [2.05, 4.69) is 40.0 Å². The highest BCUT2D eigenvalue weighted by molar-refractivity contribution is 5.75. The summed E-state index contributed by atoms with van der Waals surface area (Å²) in [4.78, 5) is 21.2. The van der Waals surface area contributed by atoms with E-state index in [1.54, 1.807) is 0 Å². The summed E-state index contributed by atoms with van der Waals surface area (Å²) in [6, 6.07) is 6.33. The molecule has 5 nitrogen and oxygen atoms in total. The molecule has 1 aliphatic heterocycles. The van der Waals surface area contributed by atoms with Crippen LogP contribution in [0.2, 0.25) is 0 Å². The minimum atomic E-state index is -0.662. The molecule has 1 fully saturated rings. The minimum Gasteiger partial charge on any atom is -0.481 e. The van der Waals surface area contributed by atoms with E-state index < -0.39 is 5.97 Å². The van der Waals surface area contributed by atoms with Crippen molar-refractivity contribution in [2.24, 2.45) is 5.92 Å². The van der Waals surface area contributed by atoms with Crippen molar-refractivity contribution in [3.63, 3.8) is 0 Å². The van der Waals surface area contributed by atoms with Crippen molar-refractivity contribution >= 4 is 17.0 Å². The quantitative estimate of drug-likeness (QED) is 0.906. The van der Waals surface area contributed by atoms with Gasteiger partial charge in [0.1, 0.15) is 5.82 Å². The minimum absolute atomic E-state index is 0.177. The molecule has 2 N–H and O–H groups in total. The van der Waals surface area contributed by atoms with E-state index in [-0.39, 0.29) is 5.92 Å². The summed E-state index contributed by atoms with van der Waals surface area (Å²) < 4.78 is 0. The molecule has 2 aromatic rings. The zero-order valence-electron chi connectivity index (χ0n) is 12.3. The van der Waals surface area contributed by atoms with Gasteiger partial charge in [-0.25, -0.2) is 4.98 Å². The Bertz CT molecular complexity index is 642. The van der Waals surface area contributed by atoms with Crippen LogP contribution in [-0.4, -0.2) is 39.0 Å². The first-order chi connectivity index (χ1) is 10.2. The number of H-pyrrole nitrogens is 1. The van der Waals surface area contributed by atoms with E-state index in [1.165, 1.54) is 5.56 Å². The first-order valence-electron chi connectivity index (χ1n) is 7.58. The molecule has 1 saturated heterocycles. The van der Waals surface area contributed by atoms with Gasteiger partial charge in [0.05, 0.1) is 23.5 Å². The van der Waals surface area contributed by atoms with Crippen LogP contribution in [0, 0.1) is 5.92 Å². The second kappa shape index (κ2) is 5.85. The lowest BCUT2D eigenvalue weighted by Crippen LogP contribution is -2.36. The van der Waals surface area contributed by atoms with Gasteiger partial charge in [-0.1, -0.05) is 13.0 Å². The fraction of sp³-hybridized carbons (Fsp3) is 0.500. The number of nitrogens with one attached hydrogen (secondary N) is 1. The summed E-state index contributed by atoms with van der Waals surface area (Å²) in [5.41, 5.74) is 3.40. The van der Waals surface area contributed by atoms with Gasteiger partial charge in [-0.2, -0.15) is 0 Å². The molecule has 0 aliphatic carbocycles. The van der Waals surface area contributed by atoms with Gasteiger partial charge in [0.15, 0.2) is 0 Å². The molecule has 0 atom stereocenters. The fourth-order valence-electron chi connectivity index (χ4n) is 2.95. The molecule has 0 radical (unpaired) electrons. The molecular formula is C16H21N3O2. The third-order valence-corrected chi connectivity index (χ3v) is 4.31. The van der Waals surface area contributed by atoms with Crippen molar-refractivity contribution in [2.45, 2.75) is 32.7 Å². The Morgan fingerprint density at radius 1 is 1.43 bits per heavy atom. The number of fused-ring (bicyclic) bond motifs is 1. The second-order valence-electron chi connectivity index (χ2n) is 5.78. The Morgan fingerprint density at radius 2 is 2.19 bits per heavy atom. The monoisotopic (exact) mass is 287 g/mol. The van der Waals surface area contributed by atoms with Crippen molar-refractivity contribution in [2.75, 3.05) is 13.1 Å². The first-order valence-corrected chi connectivity index (χ1v) is 7.58. The Balaban J connectivity index is 1.67. The van der Waals surface area contributed by atoms with Crippen LogP contribution >= 0.6 is 0 Å². The van der Waals surface area contributed by atoms with Gasteiger partial charge < -0.3 is 10.1 Å². The number of piperidine rings is 1. The number of aliphatic carboxylic acids is 1. The van der Waals surface area contributed by atoms with Crippen molar-refractivity contribution in [1.29, 1.82) is 0 Å². The number of benzene rings is 1. The molecule has 0 saturated carbocycles. The number of likely N-dealkylation sites (tertiary alicyclic amines) is 1. The molecule has 0 spiro atoms. The third-order valence-electron chi connectivity index (χ3n) is 4.31. The van der Waals surface area contributed by atoms with Crippen molar-refractivity contribution in [3.05, 3.63) is 29.6 Å². The van der Waals surface area contributed by atoms with E-state index in [9.17, 15) is 4.79 Å². The zero-order chi connectivity index (χ0) is 14.8. The smallest absolute Gasteiger partial charge is 0.306 e. The van der Waals surface area contributed by atoms with Crippen LogP contribution in [0.5, 0.6) is 0 Å². The number of nitrogens with zero attached hydrogens (tertiary/aromatic N) is 2. The van der Waals surface area contributed by atoms with Crippen LogP contribution in [0.15, 0.2) is 18.2 Å². The SMILES string of the molecule is CCc1ccc2nc(CN3CCC(C(=O)O)CC3)[nH]c2c1. The normalized spacial score (nSPS) is 17.4. The summed E-state index contributed by atoms with van der Waals surface area (Å²) in [6.45, 7) is 4.57. The van der Waals surface area contributed by atoms with E-state index in [4.69, 9.17) is 5.11 Å². The molecule has 1 aromatic heterocycles. The average molecular weight is 287 g/mol. The highest BCUT2D eigenvalue weighted by atomic mass is 16.4. The van der Waals surface area contributed by atoms with Crippen LogP contribution in [-0.2, 0) is 17.8 Å². The molecule has 0 unspecified atom stereocenters. The molecule has 5 heteroatoms. The van der Waals surface area contributed by atoms with Gasteiger partial charge in [-0.05, 0) is 50.0 Å². The summed E-state index contributed by atoms with van der Waals surface area (Å²) in [5.74, 6) is 0.126. The number of carbonyl (C=O) groups is 1. The van der Waals surface area contributed by atoms with E-state index >= 15 is 0 Å². The molecule has 3 rings (SSSR count). The largest absolute Gasteiger partial charge is 0.481 e. The lowest BCUT2D eigenvalue weighted by Gasteiger charge is -2.29. The number of imidazole rings is 1. The van der Waals surface area contributed by atoms with E-state index in [1.807, 2.05) is 0 Å². The molecule has 1 aliphatic rings. The topological polar surface area (TPSA) is 69.2 Å². The number of aromatic nitrogens is 2. The molecular weight excluding hydrogens is 266 g/mol. The van der Waals surface area contributed by atoms with Crippen LogP contribution in [0.1, 0.15) is 31.2 Å². The lowest BCUT2D eigenvalue weighted by molar-refractivity contribution is -0.143. The van der Waals surface area contributed by atoms with Gasteiger partial charge >= 0.3 is 5.97 Å². The number of hydrogen-bond acceptors (Lipinski definition) is 3. The molecule has 112 valence electrons. The summed E-state index contributed by atoms with van der Waals surface area (Å²) >= 11 is 0. The summed E-state index contributed by atoms with van der Waals surface area (Å²) in [7, 11) is 0. The van der Waals surface area contributed by atoms with E-state index in [0.29, 0.717) is 0 Å². The van der Waals surface area contributed by atoms with Crippen molar-refractivity contribution < 1.29 is 9.90 Å². The standard InChI is InChI=1S/C16H21N3O2/c1-2-11-3-4-13-14(9-11)18-15(17-13)10-19-7-5-12(6-8-19)16(20)21/h3-4,9,12H,2,5-8,10H2,1H3,(H,17,18)(H,20,21). The number of hydrogen-bond donors (Lipinski definition) is 2. The number of rotatable bonds is 4. The maximum atomic E-state index is 11.0. The Kier molecular flexibility index (Phi) is 3.92. The Morgan fingerprint density at radius 3 is 2.86 bits per heavy atom. The number of aryl methyl sites for hydroxylation is 1. The van der Waals surface area contributed by atoms with Gasteiger partial charge in [0.2, 0.25) is 0 Å². The summed E-state index contributed by atoms with van der Waals surface area (Å²) in [6.07, 6.45) is 2.48. The second-order valence-corrected chi connectivity index (χ2v) is 5.78. The molecule has 1 aromatic carbocycles. The Labute approximate surface area is 124 Å². The molecule has 21 heavy (non-hydrogen) atoms. The zero-order valence-corrected chi connectivity index (χ0v) is 12.3. The molecule has 2 heterocycles. The first kappa shape index (κ1) is 14.1. The highest BCUT2D eigenvalue weighted by Crippen LogP contribution is 2.20. The highest BCUT2D eigenvalue weighted by Gasteiger charge is 2.24. The van der Waals surface area contributed by atoms with E-state index in [0.717, 1.165) is 55.8 Å². The lowest BCUT2D eigenvalue weighted by atomic mass is 9.97. The third kappa shape index (κ3) is 3.08.